The van der Waals surface area contributed by atoms with Gasteiger partial charge >= 0.3 is 5.97 Å². The summed E-state index contributed by atoms with van der Waals surface area (Å²) in [5, 5.41) is 0. The molecule has 126 valence electrons. The first-order valence-corrected chi connectivity index (χ1v) is 7.65. The number of hydrogen-bond acceptors (Lipinski definition) is 2. The lowest BCUT2D eigenvalue weighted by molar-refractivity contribution is -0.147. The summed E-state index contributed by atoms with van der Waals surface area (Å²) in [4.78, 5) is 12.1. The molecule has 2 rings (SSSR count). The quantitative estimate of drug-likeness (QED) is 0.550. The Morgan fingerprint density at radius 3 is 2.48 bits per heavy atom. The lowest BCUT2D eigenvalue weighted by atomic mass is 10.1. The molecule has 0 radical (unpaired) electrons. The highest BCUT2D eigenvalue weighted by Crippen LogP contribution is 2.60. The topological polar surface area (TPSA) is 26.3 Å². The number of esters is 1. The number of allylic oxidation sites excluding steroid dienone is 1. The van der Waals surface area contributed by atoms with E-state index in [9.17, 15) is 18.0 Å². The summed E-state index contributed by atoms with van der Waals surface area (Å²) in [7, 11) is 0. The molecule has 1 aliphatic carbocycles. The molecule has 0 bridgehead atoms. The van der Waals surface area contributed by atoms with Crippen LogP contribution >= 0.6 is 23.2 Å². The van der Waals surface area contributed by atoms with Gasteiger partial charge in [0, 0.05) is 11.6 Å². The molecule has 7 heteroatoms. The average Bonchev–Trinajstić information content (AvgIpc) is 2.96. The van der Waals surface area contributed by atoms with E-state index >= 15 is 0 Å². The zero-order valence-corrected chi connectivity index (χ0v) is 14.2. The summed E-state index contributed by atoms with van der Waals surface area (Å²) in [6.45, 7) is 4.43. The summed E-state index contributed by atoms with van der Waals surface area (Å²) in [6, 6.07) is 0.462. The van der Waals surface area contributed by atoms with Gasteiger partial charge < -0.3 is 4.74 Å². The molecule has 1 aromatic carbocycles. The molecule has 2 nitrogen and oxygen atoms in total. The number of carbonyl (C=O) groups is 1. The number of benzene rings is 1. The number of halogens is 5. The third kappa shape index (κ3) is 3.50. The normalized spacial score (nSPS) is 21.7. The van der Waals surface area contributed by atoms with Crippen LogP contribution in [0.3, 0.4) is 0 Å². The van der Waals surface area contributed by atoms with Crippen LogP contribution in [0.2, 0.25) is 0 Å². The molecule has 0 amide bonds. The monoisotopic (exact) mass is 366 g/mol. The van der Waals surface area contributed by atoms with Crippen LogP contribution in [0.5, 0.6) is 0 Å². The summed E-state index contributed by atoms with van der Waals surface area (Å²) in [5.74, 6) is -4.70. The molecule has 0 N–H and O–H groups in total. The van der Waals surface area contributed by atoms with Gasteiger partial charge in [-0.2, -0.15) is 0 Å². The summed E-state index contributed by atoms with van der Waals surface area (Å²) in [6.07, 6.45) is 1.54. The predicted octanol–water partition coefficient (Wildman–Crippen LogP) is 5.05. The molecule has 0 aliphatic heterocycles. The highest BCUT2D eigenvalue weighted by molar-refractivity contribution is 6.55. The molecule has 1 aliphatic rings. The highest BCUT2D eigenvalue weighted by atomic mass is 35.5. The maximum Gasteiger partial charge on any atom is 0.310 e. The zero-order chi connectivity index (χ0) is 17.5. The van der Waals surface area contributed by atoms with Crippen LogP contribution in [-0.2, 0) is 16.1 Å². The largest absolute Gasteiger partial charge is 0.460 e. The third-order valence-corrected chi connectivity index (χ3v) is 4.62. The lowest BCUT2D eigenvalue weighted by Crippen LogP contribution is -2.13. The van der Waals surface area contributed by atoms with Crippen molar-refractivity contribution in [3.63, 3.8) is 0 Å². The highest BCUT2D eigenvalue weighted by Gasteiger charge is 2.61. The predicted molar refractivity (Wildman–Crippen MR) is 81.4 cm³/mol. The fourth-order valence-electron chi connectivity index (χ4n) is 2.72. The van der Waals surface area contributed by atoms with Gasteiger partial charge in [0.2, 0.25) is 0 Å². The number of ether oxygens (including phenoxy) is 1. The van der Waals surface area contributed by atoms with Gasteiger partial charge in [-0.05, 0) is 29.9 Å². The minimum atomic E-state index is -1.32. The van der Waals surface area contributed by atoms with Crippen LogP contribution in [0.15, 0.2) is 16.6 Å². The zero-order valence-electron chi connectivity index (χ0n) is 12.7. The molecule has 1 saturated carbocycles. The molecular weight excluding hydrogens is 352 g/mol. The summed E-state index contributed by atoms with van der Waals surface area (Å²) < 4.78 is 45.5. The number of rotatable bonds is 4. The van der Waals surface area contributed by atoms with Crippen LogP contribution in [0.25, 0.3) is 0 Å². The molecule has 0 heterocycles. The maximum atomic E-state index is 13.7. The fraction of sp³-hybridized carbons (Fsp3) is 0.438. The first-order chi connectivity index (χ1) is 10.6. The molecule has 1 fully saturated rings. The van der Waals surface area contributed by atoms with E-state index in [4.69, 9.17) is 27.9 Å². The summed E-state index contributed by atoms with van der Waals surface area (Å²) >= 11 is 11.2. The van der Waals surface area contributed by atoms with Crippen molar-refractivity contribution in [1.82, 2.24) is 0 Å². The van der Waals surface area contributed by atoms with Gasteiger partial charge in [0.15, 0.2) is 11.6 Å². The molecular formula is C16H15Cl2F3O2. The van der Waals surface area contributed by atoms with E-state index in [0.29, 0.717) is 6.07 Å². The molecule has 0 aromatic heterocycles. The van der Waals surface area contributed by atoms with Crippen molar-refractivity contribution in [2.24, 2.45) is 17.3 Å². The molecule has 23 heavy (non-hydrogen) atoms. The van der Waals surface area contributed by atoms with E-state index in [1.807, 2.05) is 13.8 Å². The van der Waals surface area contributed by atoms with Crippen LogP contribution in [-0.4, -0.2) is 5.97 Å². The van der Waals surface area contributed by atoms with Crippen molar-refractivity contribution < 1.29 is 22.7 Å². The molecule has 0 unspecified atom stereocenters. The van der Waals surface area contributed by atoms with Gasteiger partial charge in [0.25, 0.3) is 0 Å². The fourth-order valence-corrected chi connectivity index (χ4v) is 2.99. The minimum Gasteiger partial charge on any atom is -0.460 e. The Labute approximate surface area is 142 Å². The number of carbonyl (C=O) groups excluding carboxylic acids is 1. The lowest BCUT2D eigenvalue weighted by Gasteiger charge is -2.10. The second-order valence-electron chi connectivity index (χ2n) is 6.15. The van der Waals surface area contributed by atoms with Crippen LogP contribution in [0.1, 0.15) is 25.0 Å². The standard InChI is InChI=1S/C16H15Cl2F3O2/c1-7-8(14(21)11(20)5-10(7)19)6-23-15(22)13-9(4-12(17)18)16(13,2)3/h4-5,9,13H,6H2,1-3H3/t9-,13+/m0/s1. The van der Waals surface area contributed by atoms with Crippen LogP contribution < -0.4 is 0 Å². The van der Waals surface area contributed by atoms with E-state index in [1.54, 1.807) is 6.08 Å². The van der Waals surface area contributed by atoms with Gasteiger partial charge in [0.05, 0.1) is 5.92 Å². The van der Waals surface area contributed by atoms with Gasteiger partial charge in [0.1, 0.15) is 16.9 Å². The first kappa shape index (κ1) is 18.1. The smallest absolute Gasteiger partial charge is 0.310 e. The van der Waals surface area contributed by atoms with Crippen LogP contribution in [0.4, 0.5) is 13.2 Å². The Morgan fingerprint density at radius 1 is 1.30 bits per heavy atom. The van der Waals surface area contributed by atoms with E-state index in [2.05, 4.69) is 0 Å². The second-order valence-corrected chi connectivity index (χ2v) is 7.15. The molecule has 0 spiro atoms. The van der Waals surface area contributed by atoms with Gasteiger partial charge in [-0.1, -0.05) is 37.0 Å². The number of hydrogen-bond donors (Lipinski definition) is 0. The van der Waals surface area contributed by atoms with Gasteiger partial charge in [-0.25, -0.2) is 13.2 Å². The Kier molecular flexibility index (Phi) is 5.02. The average molecular weight is 367 g/mol. The van der Waals surface area contributed by atoms with E-state index in [1.165, 1.54) is 6.92 Å². The van der Waals surface area contributed by atoms with Crippen molar-refractivity contribution in [2.45, 2.75) is 27.4 Å². The Morgan fingerprint density at radius 2 is 1.91 bits per heavy atom. The minimum absolute atomic E-state index is 0.0486. The van der Waals surface area contributed by atoms with E-state index in [-0.39, 0.29) is 21.5 Å². The van der Waals surface area contributed by atoms with Crippen molar-refractivity contribution in [3.8, 4) is 0 Å². The van der Waals surface area contributed by atoms with Crippen molar-refractivity contribution >= 4 is 29.2 Å². The Balaban J connectivity index is 2.11. The second kappa shape index (κ2) is 6.36. The maximum absolute atomic E-state index is 13.7. The van der Waals surface area contributed by atoms with E-state index in [0.717, 1.165) is 0 Å². The summed E-state index contributed by atoms with van der Waals surface area (Å²) in [5.41, 5.74) is -0.795. The van der Waals surface area contributed by atoms with Crippen molar-refractivity contribution in [1.29, 1.82) is 0 Å². The van der Waals surface area contributed by atoms with Crippen molar-refractivity contribution in [2.75, 3.05) is 0 Å². The molecule has 0 saturated heterocycles. The van der Waals surface area contributed by atoms with Gasteiger partial charge in [-0.15, -0.1) is 0 Å². The van der Waals surface area contributed by atoms with Gasteiger partial charge in [-0.3, -0.25) is 4.79 Å². The Hall–Kier alpha value is -1.20. The molecule has 2 atom stereocenters. The molecule has 1 aromatic rings. The SMILES string of the molecule is Cc1c(F)cc(F)c(F)c1COC(=O)[C@H]1[C@H](C=C(Cl)Cl)C1(C)C. The van der Waals surface area contributed by atoms with E-state index < -0.39 is 41.4 Å². The van der Waals surface area contributed by atoms with Crippen LogP contribution in [0, 0.1) is 41.6 Å². The third-order valence-electron chi connectivity index (χ3n) is 4.37. The van der Waals surface area contributed by atoms with Crippen molar-refractivity contribution in [3.05, 3.63) is 45.2 Å². The Bertz CT molecular complexity index is 656. The first-order valence-electron chi connectivity index (χ1n) is 6.89.